The van der Waals surface area contributed by atoms with Gasteiger partial charge in [0, 0.05) is 49.8 Å². The summed E-state index contributed by atoms with van der Waals surface area (Å²) in [5.74, 6) is 0.0913. The fraction of sp³-hybridized carbons (Fsp3) is 0.0769. The van der Waals surface area contributed by atoms with Crippen LogP contribution in [-0.2, 0) is 42.7 Å². The average molecular weight is 608 g/mol. The molecule has 0 aliphatic heterocycles. The molecule has 5 aromatic rings. The number of hydrogen-bond acceptors (Lipinski definition) is 6. The normalized spacial score (nSPS) is 10.9. The second-order valence-corrected chi connectivity index (χ2v) is 9.66. The van der Waals surface area contributed by atoms with Crippen LogP contribution in [0.15, 0.2) is 76.6 Å². The molecule has 8 nitrogen and oxygen atoms in total. The van der Waals surface area contributed by atoms with Crippen molar-refractivity contribution in [3.8, 4) is 17.0 Å². The van der Waals surface area contributed by atoms with Crippen molar-refractivity contribution in [2.45, 2.75) is 11.8 Å². The van der Waals surface area contributed by atoms with E-state index in [1.807, 2.05) is 0 Å². The number of halogens is 1. The fourth-order valence-electron chi connectivity index (χ4n) is 4.03. The molecular formula is C26H19ClN4O4SY-2. The van der Waals surface area contributed by atoms with Crippen LogP contribution < -0.4 is 10.3 Å². The number of rotatable bonds is 5. The van der Waals surface area contributed by atoms with Crippen molar-refractivity contribution in [2.75, 3.05) is 6.61 Å². The average Bonchev–Trinajstić information content (AvgIpc) is 3.15. The van der Waals surface area contributed by atoms with Gasteiger partial charge in [0.05, 0.1) is 18.7 Å². The summed E-state index contributed by atoms with van der Waals surface area (Å²) in [6.45, 7) is 9.40. The molecule has 0 amide bonds. The third-order valence-corrected chi connectivity index (χ3v) is 7.43. The molecule has 0 spiro atoms. The molecule has 0 aliphatic rings. The summed E-state index contributed by atoms with van der Waals surface area (Å²) in [6.07, 6.45) is 1.49. The number of ether oxygens (including phenoxy) is 1. The maximum absolute atomic E-state index is 13.9. The first-order chi connectivity index (χ1) is 16.9. The van der Waals surface area contributed by atoms with E-state index in [2.05, 4.69) is 14.8 Å². The zero-order valence-electron chi connectivity index (χ0n) is 19.8. The van der Waals surface area contributed by atoms with Crippen LogP contribution in [0.2, 0.25) is 5.15 Å². The van der Waals surface area contributed by atoms with Gasteiger partial charge in [-0.05, 0) is 30.2 Å². The van der Waals surface area contributed by atoms with Crippen LogP contribution in [0.1, 0.15) is 6.92 Å². The summed E-state index contributed by atoms with van der Waals surface area (Å²) in [7, 11) is -4.39. The quantitative estimate of drug-likeness (QED) is 0.190. The third kappa shape index (κ3) is 4.82. The largest absolute Gasteiger partial charge is 0.512 e. The van der Waals surface area contributed by atoms with Gasteiger partial charge in [0.15, 0.2) is 11.6 Å². The Hall–Kier alpha value is -3.03. The van der Waals surface area contributed by atoms with Gasteiger partial charge < -0.3 is 12.2 Å². The van der Waals surface area contributed by atoms with Gasteiger partial charge in [-0.15, -0.1) is 12.1 Å². The summed E-state index contributed by atoms with van der Waals surface area (Å²) in [4.78, 5) is 25.6. The molecule has 0 bridgehead atoms. The van der Waals surface area contributed by atoms with E-state index in [-0.39, 0.29) is 95.9 Å². The maximum Gasteiger partial charge on any atom is 0.266 e. The monoisotopic (exact) mass is 607 g/mol. The second kappa shape index (κ2) is 11.2. The Bertz CT molecular complexity index is 1840. The van der Waals surface area contributed by atoms with Crippen LogP contribution in [0.5, 0.6) is 5.88 Å². The Balaban J connectivity index is 0.00000190. The minimum absolute atomic E-state index is 0. The number of pyridine rings is 2. The number of fused-ring (bicyclic) bond motifs is 2. The number of hydrogen-bond donors (Lipinski definition) is 0. The van der Waals surface area contributed by atoms with E-state index in [0.717, 1.165) is 3.97 Å². The standard InChI is InChI=1S/C25H16ClN4O4S.CH3.Y/c1-3-34-24-17(10-12-21(26)29-24)22-18-14-16(27-2)9-11-19(18)30(25(22)31)35(32,33)20-8-4-6-15-7-5-13-28-23(15)20;;/h4-14H,3H2,1H3;1H3;/q2*-1;. The molecule has 2 aromatic carbocycles. The molecule has 0 fully saturated rings. The van der Waals surface area contributed by atoms with E-state index < -0.39 is 15.6 Å². The molecule has 185 valence electrons. The molecule has 0 atom stereocenters. The van der Waals surface area contributed by atoms with Gasteiger partial charge in [-0.1, -0.05) is 53.4 Å². The van der Waals surface area contributed by atoms with Gasteiger partial charge in [-0.3, -0.25) is 9.78 Å². The Labute approximate surface area is 244 Å². The Kier molecular flexibility index (Phi) is 8.61. The summed E-state index contributed by atoms with van der Waals surface area (Å²) < 4.78 is 34.2. The van der Waals surface area contributed by atoms with Gasteiger partial charge >= 0.3 is 0 Å². The topological polar surface area (TPSA) is 95.5 Å². The number of benzene rings is 2. The van der Waals surface area contributed by atoms with Crippen molar-refractivity contribution in [3.05, 3.63) is 101 Å². The first kappa shape index (κ1) is 28.5. The SMILES string of the molecule is [C-]#[N+]c1ccc2c(c1)[c-](-c1ccc(Cl)nc1OCC)c(=O)n2S(=O)(=O)c1cccc2cccnc12.[CH3-].[Y]. The van der Waals surface area contributed by atoms with Crippen LogP contribution in [0.3, 0.4) is 0 Å². The Morgan fingerprint density at radius 2 is 1.89 bits per heavy atom. The van der Waals surface area contributed by atoms with Crippen LogP contribution >= 0.6 is 11.6 Å². The summed E-state index contributed by atoms with van der Waals surface area (Å²) in [5.41, 5.74) is 0.162. The van der Waals surface area contributed by atoms with Gasteiger partial charge in [-0.25, -0.2) is 22.2 Å². The first-order valence-electron chi connectivity index (χ1n) is 10.5. The van der Waals surface area contributed by atoms with Crippen LogP contribution in [-0.4, -0.2) is 29.0 Å². The summed E-state index contributed by atoms with van der Waals surface area (Å²) in [6, 6.07) is 15.7. The Morgan fingerprint density at radius 3 is 2.62 bits per heavy atom. The molecule has 0 unspecified atom stereocenters. The van der Waals surface area contributed by atoms with E-state index in [1.165, 1.54) is 36.5 Å². The van der Waals surface area contributed by atoms with Crippen LogP contribution in [0, 0.1) is 14.0 Å². The zero-order chi connectivity index (χ0) is 24.7. The summed E-state index contributed by atoms with van der Waals surface area (Å²) in [5, 5.41) is 1.06. The predicted molar refractivity (Wildman–Crippen MR) is 140 cm³/mol. The molecule has 1 radical (unpaired) electrons. The second-order valence-electron chi connectivity index (χ2n) is 7.51. The smallest absolute Gasteiger partial charge is 0.266 e. The minimum atomic E-state index is -4.39. The van der Waals surface area contributed by atoms with E-state index in [9.17, 15) is 13.2 Å². The fourth-order valence-corrected chi connectivity index (χ4v) is 5.76. The molecule has 0 aliphatic carbocycles. The molecule has 5 rings (SSSR count). The van der Waals surface area contributed by atoms with Crippen molar-refractivity contribution in [3.63, 3.8) is 0 Å². The van der Waals surface area contributed by atoms with Crippen molar-refractivity contribution in [1.29, 1.82) is 0 Å². The third-order valence-electron chi connectivity index (χ3n) is 5.49. The number of nitrogens with zero attached hydrogens (tertiary/aromatic N) is 4. The zero-order valence-corrected chi connectivity index (χ0v) is 24.3. The van der Waals surface area contributed by atoms with E-state index in [0.29, 0.717) is 5.39 Å². The molecule has 0 saturated carbocycles. The van der Waals surface area contributed by atoms with Gasteiger partial charge in [0.2, 0.25) is 5.56 Å². The van der Waals surface area contributed by atoms with E-state index in [4.69, 9.17) is 22.9 Å². The molecule has 3 aromatic heterocycles. The number of aromatic nitrogens is 3. The van der Waals surface area contributed by atoms with Gasteiger partial charge in [0.1, 0.15) is 10.0 Å². The predicted octanol–water partition coefficient (Wildman–Crippen LogP) is 5.62. The summed E-state index contributed by atoms with van der Waals surface area (Å²) >= 11 is 6.04. The maximum atomic E-state index is 13.9. The molecule has 0 N–H and O–H groups in total. The van der Waals surface area contributed by atoms with Crippen molar-refractivity contribution in [2.24, 2.45) is 0 Å². The van der Waals surface area contributed by atoms with Crippen LogP contribution in [0.4, 0.5) is 5.69 Å². The first-order valence-corrected chi connectivity index (χ1v) is 12.3. The van der Waals surface area contributed by atoms with Gasteiger partial charge in [-0.2, -0.15) is 0 Å². The van der Waals surface area contributed by atoms with E-state index in [1.54, 1.807) is 37.3 Å². The number of para-hydroxylation sites is 1. The molecule has 11 heteroatoms. The molecule has 37 heavy (non-hydrogen) atoms. The van der Waals surface area contributed by atoms with Gasteiger partial charge in [0.25, 0.3) is 10.0 Å². The molecular weight excluding hydrogens is 589 g/mol. The molecule has 3 heterocycles. The van der Waals surface area contributed by atoms with Crippen molar-refractivity contribution >= 4 is 49.1 Å². The Morgan fingerprint density at radius 1 is 1.14 bits per heavy atom. The molecule has 0 saturated heterocycles. The van der Waals surface area contributed by atoms with Crippen LogP contribution in [0.25, 0.3) is 37.8 Å². The minimum Gasteiger partial charge on any atom is -0.512 e. The van der Waals surface area contributed by atoms with Crippen molar-refractivity contribution in [1.82, 2.24) is 13.9 Å². The van der Waals surface area contributed by atoms with E-state index >= 15 is 0 Å². The van der Waals surface area contributed by atoms with Crippen molar-refractivity contribution < 1.29 is 45.9 Å².